The lowest BCUT2D eigenvalue weighted by Crippen LogP contribution is -2.41. The van der Waals surface area contributed by atoms with Crippen LogP contribution in [0.15, 0.2) is 12.1 Å². The van der Waals surface area contributed by atoms with Crippen molar-refractivity contribution < 1.29 is 19.0 Å². The first-order chi connectivity index (χ1) is 14.5. The van der Waals surface area contributed by atoms with Gasteiger partial charge in [0, 0.05) is 42.6 Å². The van der Waals surface area contributed by atoms with E-state index in [1.165, 1.54) is 0 Å². The fraction of sp³-hybridized carbons (Fsp3) is 0.727. The van der Waals surface area contributed by atoms with Gasteiger partial charge in [-0.15, -0.1) is 0 Å². The molecule has 0 N–H and O–H groups in total. The van der Waals surface area contributed by atoms with Crippen molar-refractivity contribution in [3.05, 3.63) is 22.2 Å². The van der Waals surface area contributed by atoms with Gasteiger partial charge in [0.2, 0.25) is 0 Å². The topological polar surface area (TPSA) is 77.3 Å². The maximum absolute atomic E-state index is 12.1. The number of hydrogen-bond acceptors (Lipinski definition) is 7. The Bertz CT molecular complexity index is 861. The van der Waals surface area contributed by atoms with E-state index < -0.39 is 18.3 Å². The molecule has 9 heteroatoms. The van der Waals surface area contributed by atoms with Crippen LogP contribution in [0.3, 0.4) is 0 Å². The summed E-state index contributed by atoms with van der Waals surface area (Å²) in [7, 11) is 0.868. The predicted octanol–water partition coefficient (Wildman–Crippen LogP) is 2.82. The fourth-order valence-corrected chi connectivity index (χ4v) is 5.08. The summed E-state index contributed by atoms with van der Waals surface area (Å²) in [5, 5.41) is 12.1. The highest BCUT2D eigenvalue weighted by Gasteiger charge is 2.53. The zero-order chi connectivity index (χ0) is 22.6. The minimum atomic E-state index is -0.717. The Morgan fingerprint density at radius 3 is 2.32 bits per heavy atom. The van der Waals surface area contributed by atoms with Crippen molar-refractivity contribution in [2.45, 2.75) is 58.7 Å². The Balaban J connectivity index is 1.67. The summed E-state index contributed by atoms with van der Waals surface area (Å²) in [6.07, 6.45) is 2.20. The van der Waals surface area contributed by atoms with E-state index in [0.717, 1.165) is 45.6 Å². The van der Waals surface area contributed by atoms with Gasteiger partial charge in [0.05, 0.1) is 23.2 Å². The molecule has 3 aliphatic rings. The van der Waals surface area contributed by atoms with E-state index in [2.05, 4.69) is 16.7 Å². The number of nitro groups is 1. The van der Waals surface area contributed by atoms with Crippen LogP contribution in [-0.2, 0) is 9.31 Å². The summed E-state index contributed by atoms with van der Waals surface area (Å²) in [5.41, 5.74) is 0.405. The van der Waals surface area contributed by atoms with Crippen molar-refractivity contribution in [2.75, 3.05) is 44.7 Å². The number of anilines is 1. The molecule has 0 aromatic heterocycles. The third-order valence-corrected chi connectivity index (χ3v) is 7.77. The molecule has 3 heterocycles. The second-order valence-electron chi connectivity index (χ2n) is 10.2. The molecular weight excluding hydrogens is 397 g/mol. The van der Waals surface area contributed by atoms with Crippen LogP contribution in [0.1, 0.15) is 47.5 Å². The molecule has 8 nitrogen and oxygen atoms in total. The number of likely N-dealkylation sites (tertiary alicyclic amines) is 1. The highest BCUT2D eigenvalue weighted by molar-refractivity contribution is 6.63. The first-order valence-electron chi connectivity index (χ1n) is 11.2. The van der Waals surface area contributed by atoms with Gasteiger partial charge in [0.1, 0.15) is 11.4 Å². The summed E-state index contributed by atoms with van der Waals surface area (Å²) in [4.78, 5) is 16.4. The van der Waals surface area contributed by atoms with Gasteiger partial charge in [-0.2, -0.15) is 0 Å². The zero-order valence-electron chi connectivity index (χ0n) is 19.6. The molecule has 0 radical (unpaired) electrons. The Morgan fingerprint density at radius 1 is 1.13 bits per heavy atom. The maximum atomic E-state index is 12.1. The summed E-state index contributed by atoms with van der Waals surface area (Å²) in [6.45, 7) is 14.9. The van der Waals surface area contributed by atoms with Gasteiger partial charge in [-0.1, -0.05) is 6.92 Å². The van der Waals surface area contributed by atoms with Crippen molar-refractivity contribution in [3.63, 3.8) is 0 Å². The number of hydrogen-bond donors (Lipinski definition) is 0. The van der Waals surface area contributed by atoms with E-state index in [4.69, 9.17) is 14.0 Å². The van der Waals surface area contributed by atoms with E-state index >= 15 is 0 Å². The van der Waals surface area contributed by atoms with Gasteiger partial charge in [-0.3, -0.25) is 10.1 Å². The number of benzene rings is 1. The first kappa shape index (κ1) is 22.4. The fourth-order valence-electron chi connectivity index (χ4n) is 5.08. The van der Waals surface area contributed by atoms with Crippen molar-refractivity contribution in [2.24, 2.45) is 5.41 Å². The number of ether oxygens (including phenoxy) is 1. The molecule has 0 aliphatic carbocycles. The van der Waals surface area contributed by atoms with Crippen LogP contribution in [0.25, 0.3) is 0 Å². The third-order valence-electron chi connectivity index (χ3n) is 7.77. The molecule has 1 atom stereocenters. The molecule has 1 spiro atoms. The summed E-state index contributed by atoms with van der Waals surface area (Å²) in [5.74, 6) is 0.557. The van der Waals surface area contributed by atoms with Gasteiger partial charge >= 0.3 is 7.12 Å². The molecule has 3 fully saturated rings. The monoisotopic (exact) mass is 431 g/mol. The maximum Gasteiger partial charge on any atom is 0.498 e. The average molecular weight is 431 g/mol. The Morgan fingerprint density at radius 2 is 1.77 bits per heavy atom. The number of methoxy groups -OCH3 is 1. The van der Waals surface area contributed by atoms with Gasteiger partial charge in [0.25, 0.3) is 5.69 Å². The van der Waals surface area contributed by atoms with Gasteiger partial charge < -0.3 is 23.8 Å². The van der Waals surface area contributed by atoms with Crippen LogP contribution in [0.5, 0.6) is 5.75 Å². The number of rotatable bonds is 5. The smallest absolute Gasteiger partial charge is 0.497 e. The number of nitrogens with zero attached hydrogens (tertiary/aromatic N) is 3. The van der Waals surface area contributed by atoms with Crippen LogP contribution < -0.4 is 15.1 Å². The minimum absolute atomic E-state index is 0.0768. The van der Waals surface area contributed by atoms with Crippen molar-refractivity contribution in [1.82, 2.24) is 4.90 Å². The lowest BCUT2D eigenvalue weighted by Gasteiger charge is -2.32. The first-order valence-corrected chi connectivity index (χ1v) is 11.2. The quantitative estimate of drug-likeness (QED) is 0.403. The van der Waals surface area contributed by atoms with Crippen LogP contribution in [0.2, 0.25) is 0 Å². The number of nitro benzene ring substituents is 1. The Hall–Kier alpha value is -1.84. The summed E-state index contributed by atoms with van der Waals surface area (Å²) >= 11 is 0. The van der Waals surface area contributed by atoms with Gasteiger partial charge in [-0.05, 0) is 53.6 Å². The largest absolute Gasteiger partial charge is 0.498 e. The average Bonchev–Trinajstić information content (AvgIpc) is 3.37. The van der Waals surface area contributed by atoms with E-state index in [1.807, 2.05) is 27.7 Å². The normalized spacial score (nSPS) is 27.4. The van der Waals surface area contributed by atoms with E-state index in [9.17, 15) is 10.1 Å². The molecule has 3 saturated heterocycles. The lowest BCUT2D eigenvalue weighted by molar-refractivity contribution is -0.384. The molecule has 1 aromatic carbocycles. The molecule has 170 valence electrons. The molecule has 0 amide bonds. The molecular formula is C22H34BN3O5. The molecule has 0 saturated carbocycles. The molecule has 31 heavy (non-hydrogen) atoms. The molecule has 1 aromatic rings. The van der Waals surface area contributed by atoms with Gasteiger partial charge in [-0.25, -0.2) is 0 Å². The Kier molecular flexibility index (Phi) is 5.51. The standard InChI is InChI=1S/C22H34BN3O5/c1-7-24-10-8-22(14-24)9-11-25(15-22)17-13-19(29-6)16(12-18(17)26(27)28)23-30-20(2,3)21(4,5)31-23/h12-13H,7-11,14-15H2,1-6H3. The van der Waals surface area contributed by atoms with E-state index in [1.54, 1.807) is 19.2 Å². The highest BCUT2D eigenvalue weighted by atomic mass is 16.7. The van der Waals surface area contributed by atoms with E-state index in [-0.39, 0.29) is 16.0 Å². The summed E-state index contributed by atoms with van der Waals surface area (Å²) in [6, 6.07) is 3.37. The predicted molar refractivity (Wildman–Crippen MR) is 121 cm³/mol. The highest BCUT2D eigenvalue weighted by Crippen LogP contribution is 2.44. The van der Waals surface area contributed by atoms with Crippen LogP contribution in [-0.4, -0.2) is 68.0 Å². The SMILES string of the molecule is CCN1CCC2(CCN(c3cc(OC)c(B4OC(C)(C)C(C)(C)O4)cc3[N+](=O)[O-])C2)C1. The van der Waals surface area contributed by atoms with Crippen LogP contribution >= 0.6 is 0 Å². The summed E-state index contributed by atoms with van der Waals surface area (Å²) < 4.78 is 18.0. The second kappa shape index (κ2) is 7.64. The Labute approximate surface area is 185 Å². The lowest BCUT2D eigenvalue weighted by atomic mass is 9.77. The minimum Gasteiger partial charge on any atom is -0.497 e. The van der Waals surface area contributed by atoms with Crippen molar-refractivity contribution in [3.8, 4) is 5.75 Å². The zero-order valence-corrected chi connectivity index (χ0v) is 19.6. The van der Waals surface area contributed by atoms with Crippen LogP contribution in [0.4, 0.5) is 11.4 Å². The third kappa shape index (κ3) is 3.81. The molecule has 1 unspecified atom stereocenters. The van der Waals surface area contributed by atoms with Crippen molar-refractivity contribution >= 4 is 24.0 Å². The van der Waals surface area contributed by atoms with Crippen molar-refractivity contribution in [1.29, 1.82) is 0 Å². The van der Waals surface area contributed by atoms with E-state index in [0.29, 0.717) is 16.9 Å². The molecule has 4 rings (SSSR count). The van der Waals surface area contributed by atoms with Crippen LogP contribution in [0, 0.1) is 15.5 Å². The molecule has 3 aliphatic heterocycles. The molecule has 0 bridgehead atoms. The second-order valence-corrected chi connectivity index (χ2v) is 10.2. The van der Waals surface area contributed by atoms with Gasteiger partial charge in [0.15, 0.2) is 0 Å².